The van der Waals surface area contributed by atoms with Gasteiger partial charge in [0.05, 0.1) is 19.1 Å². The van der Waals surface area contributed by atoms with Crippen LogP contribution in [0.3, 0.4) is 0 Å². The van der Waals surface area contributed by atoms with Gasteiger partial charge in [-0.15, -0.1) is 0 Å². The second-order valence-corrected chi connectivity index (χ2v) is 5.10. The molecule has 0 aliphatic heterocycles. The summed E-state index contributed by atoms with van der Waals surface area (Å²) in [5, 5.41) is 11.4. The molecule has 126 valence electrons. The Balaban J connectivity index is 3.27. The Kier molecular flexibility index (Phi) is 7.47. The molecule has 0 fully saturated rings. The van der Waals surface area contributed by atoms with Crippen LogP contribution in [0.15, 0.2) is 24.3 Å². The molecular formula is C15H18ClNO6. The first-order valence-corrected chi connectivity index (χ1v) is 7.49. The molecule has 0 amide bonds. The summed E-state index contributed by atoms with van der Waals surface area (Å²) in [4.78, 5) is 34.7. The molecule has 0 aliphatic carbocycles. The first-order chi connectivity index (χ1) is 10.9. The van der Waals surface area contributed by atoms with Gasteiger partial charge in [-0.2, -0.15) is 0 Å². The summed E-state index contributed by atoms with van der Waals surface area (Å²) in [5.74, 6) is -4.14. The molecule has 1 aromatic carbocycles. The lowest BCUT2D eigenvalue weighted by Crippen LogP contribution is -2.36. The average molecular weight is 344 g/mol. The number of ether oxygens (including phenoxy) is 2. The molecule has 0 saturated heterocycles. The minimum atomic E-state index is -1.42. The normalized spacial score (nSPS) is 11.8. The number of nitro groups is 1. The molecule has 1 atom stereocenters. The van der Waals surface area contributed by atoms with Crippen molar-refractivity contribution < 1.29 is 24.0 Å². The van der Waals surface area contributed by atoms with E-state index in [0.29, 0.717) is 10.6 Å². The molecule has 0 bridgehead atoms. The van der Waals surface area contributed by atoms with E-state index in [-0.39, 0.29) is 13.2 Å². The summed E-state index contributed by atoms with van der Waals surface area (Å²) in [6.07, 6.45) is 0. The molecule has 0 heterocycles. The van der Waals surface area contributed by atoms with Crippen LogP contribution in [0.2, 0.25) is 5.02 Å². The molecule has 0 spiro atoms. The Morgan fingerprint density at radius 1 is 1.22 bits per heavy atom. The van der Waals surface area contributed by atoms with E-state index in [2.05, 4.69) is 0 Å². The Morgan fingerprint density at radius 3 is 2.22 bits per heavy atom. The van der Waals surface area contributed by atoms with Crippen molar-refractivity contribution in [3.05, 3.63) is 45.0 Å². The van der Waals surface area contributed by atoms with E-state index < -0.39 is 35.2 Å². The van der Waals surface area contributed by atoms with Crippen molar-refractivity contribution in [3.8, 4) is 0 Å². The quantitative estimate of drug-likeness (QED) is 0.311. The highest BCUT2D eigenvalue weighted by molar-refractivity contribution is 6.30. The average Bonchev–Trinajstić information content (AvgIpc) is 2.46. The molecule has 0 radical (unpaired) electrons. The van der Waals surface area contributed by atoms with Gasteiger partial charge in [0.1, 0.15) is 0 Å². The van der Waals surface area contributed by atoms with Gasteiger partial charge < -0.3 is 9.47 Å². The van der Waals surface area contributed by atoms with Crippen molar-refractivity contribution in [2.45, 2.75) is 19.8 Å². The molecule has 0 N–H and O–H groups in total. The van der Waals surface area contributed by atoms with Gasteiger partial charge >= 0.3 is 11.9 Å². The first kappa shape index (κ1) is 18.9. The maximum Gasteiger partial charge on any atom is 0.321 e. The Hall–Kier alpha value is -2.15. The minimum Gasteiger partial charge on any atom is -0.465 e. The second kappa shape index (κ2) is 9.09. The SMILES string of the molecule is CCOC(=O)C(C(=O)OCC)[C@H](C[N+](=O)[O-])c1cccc(Cl)c1. The lowest BCUT2D eigenvalue weighted by Gasteiger charge is -2.21. The molecule has 0 aromatic heterocycles. The molecule has 1 rings (SSSR count). The minimum absolute atomic E-state index is 0.0511. The number of hydrogen-bond donors (Lipinski definition) is 0. The van der Waals surface area contributed by atoms with Gasteiger partial charge in [-0.1, -0.05) is 23.7 Å². The zero-order valence-electron chi connectivity index (χ0n) is 12.9. The number of nitrogens with zero attached hydrogens (tertiary/aromatic N) is 1. The van der Waals surface area contributed by atoms with E-state index in [1.54, 1.807) is 32.0 Å². The van der Waals surface area contributed by atoms with Gasteiger partial charge in [0.15, 0.2) is 5.92 Å². The van der Waals surface area contributed by atoms with Crippen LogP contribution in [0.5, 0.6) is 0 Å². The lowest BCUT2D eigenvalue weighted by molar-refractivity contribution is -0.484. The number of carbonyl (C=O) groups excluding carboxylic acids is 2. The fourth-order valence-corrected chi connectivity index (χ4v) is 2.39. The number of hydrogen-bond acceptors (Lipinski definition) is 6. The van der Waals surface area contributed by atoms with Crippen molar-refractivity contribution in [1.29, 1.82) is 0 Å². The third-order valence-electron chi connectivity index (χ3n) is 3.11. The molecule has 23 heavy (non-hydrogen) atoms. The largest absolute Gasteiger partial charge is 0.465 e. The predicted molar refractivity (Wildman–Crippen MR) is 82.8 cm³/mol. The van der Waals surface area contributed by atoms with E-state index in [0.717, 1.165) is 0 Å². The van der Waals surface area contributed by atoms with Crippen LogP contribution in [0, 0.1) is 16.0 Å². The number of benzene rings is 1. The van der Waals surface area contributed by atoms with E-state index in [1.807, 2.05) is 0 Å². The van der Waals surface area contributed by atoms with Crippen molar-refractivity contribution >= 4 is 23.5 Å². The molecule has 0 saturated carbocycles. The Morgan fingerprint density at radius 2 is 1.78 bits per heavy atom. The maximum atomic E-state index is 12.2. The molecule has 1 aromatic rings. The number of esters is 2. The highest BCUT2D eigenvalue weighted by Crippen LogP contribution is 2.29. The van der Waals surface area contributed by atoms with Crippen LogP contribution < -0.4 is 0 Å². The molecule has 7 nitrogen and oxygen atoms in total. The van der Waals surface area contributed by atoms with Gasteiger partial charge in [-0.05, 0) is 31.5 Å². The third-order valence-corrected chi connectivity index (χ3v) is 3.34. The molecular weight excluding hydrogens is 326 g/mol. The predicted octanol–water partition coefficient (Wildman–Crippen LogP) is 2.44. The van der Waals surface area contributed by atoms with Crippen LogP contribution in [0.1, 0.15) is 25.3 Å². The monoisotopic (exact) mass is 343 g/mol. The summed E-state index contributed by atoms with van der Waals surface area (Å²) in [5.41, 5.74) is 0.403. The topological polar surface area (TPSA) is 95.7 Å². The highest BCUT2D eigenvalue weighted by atomic mass is 35.5. The van der Waals surface area contributed by atoms with Gasteiger partial charge in [0.2, 0.25) is 6.54 Å². The van der Waals surface area contributed by atoms with E-state index in [1.165, 1.54) is 6.07 Å². The third kappa shape index (κ3) is 5.52. The zero-order valence-corrected chi connectivity index (χ0v) is 13.6. The molecule has 0 unspecified atom stereocenters. The summed E-state index contributed by atoms with van der Waals surface area (Å²) < 4.78 is 9.78. The van der Waals surface area contributed by atoms with Gasteiger partial charge in [0, 0.05) is 9.95 Å². The number of rotatable bonds is 8. The molecule has 8 heteroatoms. The Labute approximate surface area is 138 Å². The number of halogens is 1. The lowest BCUT2D eigenvalue weighted by atomic mass is 9.86. The number of carbonyl (C=O) groups is 2. The zero-order chi connectivity index (χ0) is 17.4. The standard InChI is InChI=1S/C15H18ClNO6/c1-3-22-14(18)13(15(19)23-4-2)12(9-17(20)21)10-6-5-7-11(16)8-10/h5-8,12-13H,3-4,9H2,1-2H3/t12-/m1/s1. The maximum absolute atomic E-state index is 12.2. The van der Waals surface area contributed by atoms with E-state index >= 15 is 0 Å². The second-order valence-electron chi connectivity index (χ2n) is 4.66. The first-order valence-electron chi connectivity index (χ1n) is 7.11. The summed E-state index contributed by atoms with van der Waals surface area (Å²) in [6.45, 7) is 2.65. The van der Waals surface area contributed by atoms with Crippen LogP contribution in [-0.4, -0.2) is 36.6 Å². The van der Waals surface area contributed by atoms with Crippen molar-refractivity contribution in [2.24, 2.45) is 5.92 Å². The van der Waals surface area contributed by atoms with Gasteiger partial charge in [-0.3, -0.25) is 19.7 Å². The van der Waals surface area contributed by atoms with E-state index in [9.17, 15) is 19.7 Å². The van der Waals surface area contributed by atoms with Crippen molar-refractivity contribution in [1.82, 2.24) is 0 Å². The van der Waals surface area contributed by atoms with Crippen LogP contribution in [0.25, 0.3) is 0 Å². The Bertz CT molecular complexity index is 559. The van der Waals surface area contributed by atoms with E-state index in [4.69, 9.17) is 21.1 Å². The fraction of sp³-hybridized carbons (Fsp3) is 0.467. The van der Waals surface area contributed by atoms with Gasteiger partial charge in [-0.25, -0.2) is 0 Å². The van der Waals surface area contributed by atoms with Crippen molar-refractivity contribution in [3.63, 3.8) is 0 Å². The highest BCUT2D eigenvalue weighted by Gasteiger charge is 2.41. The van der Waals surface area contributed by atoms with Crippen LogP contribution in [0.4, 0.5) is 0 Å². The summed E-state index contributed by atoms with van der Waals surface area (Å²) in [6, 6.07) is 6.25. The smallest absolute Gasteiger partial charge is 0.321 e. The molecule has 0 aliphatic rings. The van der Waals surface area contributed by atoms with Crippen LogP contribution in [-0.2, 0) is 19.1 Å². The summed E-state index contributed by atoms with van der Waals surface area (Å²) in [7, 11) is 0. The van der Waals surface area contributed by atoms with Gasteiger partial charge in [0.25, 0.3) is 0 Å². The van der Waals surface area contributed by atoms with Crippen molar-refractivity contribution in [2.75, 3.05) is 19.8 Å². The van der Waals surface area contributed by atoms with Crippen LogP contribution >= 0.6 is 11.6 Å². The fourth-order valence-electron chi connectivity index (χ4n) is 2.19. The summed E-state index contributed by atoms with van der Waals surface area (Å²) >= 11 is 5.91.